The lowest BCUT2D eigenvalue weighted by molar-refractivity contribution is -0.0942. The van der Waals surface area contributed by atoms with Gasteiger partial charge < -0.3 is 5.11 Å². The Bertz CT molecular complexity index is 833. The summed E-state index contributed by atoms with van der Waals surface area (Å²) in [6.45, 7) is 0.609. The van der Waals surface area contributed by atoms with Crippen LogP contribution in [0.1, 0.15) is 23.2 Å². The number of carbonyl (C=O) groups excluding carboxylic acids is 1. The molecule has 0 spiro atoms. The van der Waals surface area contributed by atoms with Gasteiger partial charge in [-0.15, -0.1) is 0 Å². The average Bonchev–Trinajstić information content (AvgIpc) is 2.96. The molecule has 1 N–H and O–H groups in total. The Morgan fingerprint density at radius 2 is 1.81 bits per heavy atom. The SMILES string of the molecule is O=C(O)c1cc(N2CCN(C3=CC=C(C(F)(F)F)CC3)C2=O)ccc1Cl. The number of hydrogen-bond acceptors (Lipinski definition) is 2. The molecule has 1 aliphatic heterocycles. The zero-order chi connectivity index (χ0) is 19.1. The average molecular weight is 387 g/mol. The molecular formula is C17H14ClF3N2O3. The molecule has 0 radical (unpaired) electrons. The van der Waals surface area contributed by atoms with Crippen molar-refractivity contribution in [2.75, 3.05) is 18.0 Å². The Morgan fingerprint density at radius 1 is 1.12 bits per heavy atom. The van der Waals surface area contributed by atoms with Crippen molar-refractivity contribution in [3.63, 3.8) is 0 Å². The van der Waals surface area contributed by atoms with Crippen molar-refractivity contribution in [3.05, 3.63) is 52.2 Å². The first-order chi connectivity index (χ1) is 12.2. The van der Waals surface area contributed by atoms with E-state index in [1.807, 2.05) is 0 Å². The number of urea groups is 1. The zero-order valence-corrected chi connectivity index (χ0v) is 14.1. The highest BCUT2D eigenvalue weighted by Crippen LogP contribution is 2.35. The smallest absolute Gasteiger partial charge is 0.412 e. The maximum atomic E-state index is 12.7. The third kappa shape index (κ3) is 3.41. The number of hydrogen-bond donors (Lipinski definition) is 1. The van der Waals surface area contributed by atoms with E-state index in [-0.39, 0.29) is 23.4 Å². The summed E-state index contributed by atoms with van der Waals surface area (Å²) < 4.78 is 38.1. The highest BCUT2D eigenvalue weighted by molar-refractivity contribution is 6.33. The molecule has 1 fully saturated rings. The highest BCUT2D eigenvalue weighted by Gasteiger charge is 2.37. The molecule has 2 aliphatic rings. The summed E-state index contributed by atoms with van der Waals surface area (Å²) in [6, 6.07) is 3.84. The van der Waals surface area contributed by atoms with Gasteiger partial charge in [-0.1, -0.05) is 17.7 Å². The maximum absolute atomic E-state index is 12.7. The Morgan fingerprint density at radius 3 is 2.38 bits per heavy atom. The molecule has 2 amide bonds. The summed E-state index contributed by atoms with van der Waals surface area (Å²) in [5.41, 5.74) is 0.152. The van der Waals surface area contributed by atoms with Gasteiger partial charge in [-0.05, 0) is 37.1 Å². The number of anilines is 1. The lowest BCUT2D eigenvalue weighted by Crippen LogP contribution is -2.32. The fourth-order valence-electron chi connectivity index (χ4n) is 2.98. The molecule has 1 heterocycles. The van der Waals surface area contributed by atoms with Crippen LogP contribution in [-0.2, 0) is 0 Å². The van der Waals surface area contributed by atoms with Crippen molar-refractivity contribution in [2.45, 2.75) is 19.0 Å². The van der Waals surface area contributed by atoms with Gasteiger partial charge in [-0.2, -0.15) is 13.2 Å². The second-order valence-electron chi connectivity index (χ2n) is 5.90. The van der Waals surface area contributed by atoms with Crippen molar-refractivity contribution in [2.24, 2.45) is 0 Å². The Kier molecular flexibility index (Phi) is 4.70. The van der Waals surface area contributed by atoms with E-state index in [0.29, 0.717) is 24.5 Å². The first-order valence-electron chi connectivity index (χ1n) is 7.77. The second kappa shape index (κ2) is 6.68. The van der Waals surface area contributed by atoms with Gasteiger partial charge in [0.1, 0.15) is 0 Å². The fraction of sp³-hybridized carbons (Fsp3) is 0.294. The number of nitrogens with zero attached hydrogens (tertiary/aromatic N) is 2. The van der Waals surface area contributed by atoms with E-state index in [4.69, 9.17) is 16.7 Å². The summed E-state index contributed by atoms with van der Waals surface area (Å²) in [5.74, 6) is -1.21. The highest BCUT2D eigenvalue weighted by atomic mass is 35.5. The van der Waals surface area contributed by atoms with E-state index in [9.17, 15) is 22.8 Å². The number of halogens is 4. The summed E-state index contributed by atoms with van der Waals surface area (Å²) in [4.78, 5) is 26.6. The summed E-state index contributed by atoms with van der Waals surface area (Å²) in [5, 5.41) is 9.20. The first-order valence-corrected chi connectivity index (χ1v) is 8.15. The number of carboxylic acid groups (broad SMARTS) is 1. The number of rotatable bonds is 3. The van der Waals surface area contributed by atoms with Gasteiger partial charge in [0.25, 0.3) is 0 Å². The molecule has 0 atom stereocenters. The largest absolute Gasteiger partial charge is 0.478 e. The lowest BCUT2D eigenvalue weighted by atomic mass is 10.0. The van der Waals surface area contributed by atoms with E-state index in [1.54, 1.807) is 0 Å². The molecule has 5 nitrogen and oxygen atoms in total. The van der Waals surface area contributed by atoms with Gasteiger partial charge in [0, 0.05) is 30.0 Å². The van der Waals surface area contributed by atoms with Crippen LogP contribution in [0.15, 0.2) is 41.6 Å². The van der Waals surface area contributed by atoms with Gasteiger partial charge in [0.15, 0.2) is 0 Å². The minimum Gasteiger partial charge on any atom is -0.478 e. The molecule has 0 aromatic heterocycles. The molecule has 3 rings (SSSR count). The molecule has 1 aliphatic carbocycles. The molecule has 9 heteroatoms. The van der Waals surface area contributed by atoms with E-state index in [1.165, 1.54) is 34.1 Å². The number of carboxylic acids is 1. The van der Waals surface area contributed by atoms with E-state index >= 15 is 0 Å². The molecule has 1 aromatic carbocycles. The van der Waals surface area contributed by atoms with E-state index < -0.39 is 23.7 Å². The minimum absolute atomic E-state index is 0.0598. The van der Waals surface area contributed by atoms with Crippen LogP contribution >= 0.6 is 11.6 Å². The number of carbonyl (C=O) groups is 2. The Labute approximate surface area is 151 Å². The van der Waals surface area contributed by atoms with Crippen molar-refractivity contribution < 1.29 is 27.9 Å². The predicted molar refractivity (Wildman–Crippen MR) is 89.3 cm³/mol. The van der Waals surface area contributed by atoms with Crippen LogP contribution in [0, 0.1) is 0 Å². The zero-order valence-electron chi connectivity index (χ0n) is 13.4. The number of amides is 2. The normalized spacial score (nSPS) is 18.1. The Balaban J connectivity index is 1.81. The fourth-order valence-corrected chi connectivity index (χ4v) is 3.17. The maximum Gasteiger partial charge on any atom is 0.412 e. The van der Waals surface area contributed by atoms with Gasteiger partial charge >= 0.3 is 18.2 Å². The monoisotopic (exact) mass is 386 g/mol. The van der Waals surface area contributed by atoms with Crippen LogP contribution in [-0.4, -0.2) is 41.3 Å². The van der Waals surface area contributed by atoms with Gasteiger partial charge in [-0.25, -0.2) is 9.59 Å². The van der Waals surface area contributed by atoms with Crippen LogP contribution in [0.2, 0.25) is 5.02 Å². The molecule has 0 unspecified atom stereocenters. The number of alkyl halides is 3. The van der Waals surface area contributed by atoms with Crippen LogP contribution < -0.4 is 4.90 Å². The molecule has 1 saturated heterocycles. The summed E-state index contributed by atoms with van der Waals surface area (Å²) in [6.07, 6.45) is -2.10. The van der Waals surface area contributed by atoms with Gasteiger partial charge in [-0.3, -0.25) is 9.80 Å². The van der Waals surface area contributed by atoms with Crippen molar-refractivity contribution >= 4 is 29.3 Å². The van der Waals surface area contributed by atoms with Crippen LogP contribution in [0.5, 0.6) is 0 Å². The van der Waals surface area contributed by atoms with E-state index in [2.05, 4.69) is 0 Å². The summed E-state index contributed by atoms with van der Waals surface area (Å²) in [7, 11) is 0. The van der Waals surface area contributed by atoms with Crippen LogP contribution in [0.25, 0.3) is 0 Å². The molecule has 1 aromatic rings. The Hall–Kier alpha value is -2.48. The van der Waals surface area contributed by atoms with Gasteiger partial charge in [0.05, 0.1) is 10.6 Å². The van der Waals surface area contributed by atoms with E-state index in [0.717, 1.165) is 6.08 Å². The quantitative estimate of drug-likeness (QED) is 0.835. The summed E-state index contributed by atoms with van der Waals surface area (Å²) >= 11 is 5.83. The molecule has 0 saturated carbocycles. The second-order valence-corrected chi connectivity index (χ2v) is 6.31. The lowest BCUT2D eigenvalue weighted by Gasteiger charge is -2.24. The number of allylic oxidation sites excluding steroid dienone is 4. The number of aromatic carboxylic acids is 1. The molecular weight excluding hydrogens is 373 g/mol. The van der Waals surface area contributed by atoms with Crippen molar-refractivity contribution in [1.82, 2.24) is 4.90 Å². The van der Waals surface area contributed by atoms with Crippen molar-refractivity contribution in [3.8, 4) is 0 Å². The molecule has 138 valence electrons. The predicted octanol–water partition coefficient (Wildman–Crippen LogP) is 4.45. The van der Waals surface area contributed by atoms with Crippen LogP contribution in [0.3, 0.4) is 0 Å². The topological polar surface area (TPSA) is 60.9 Å². The molecule has 0 bridgehead atoms. The minimum atomic E-state index is -4.36. The van der Waals surface area contributed by atoms with Crippen molar-refractivity contribution in [1.29, 1.82) is 0 Å². The van der Waals surface area contributed by atoms with Gasteiger partial charge in [0.2, 0.25) is 0 Å². The number of benzene rings is 1. The molecule has 26 heavy (non-hydrogen) atoms. The van der Waals surface area contributed by atoms with Crippen LogP contribution in [0.4, 0.5) is 23.7 Å². The standard InChI is InChI=1S/C17H14ClF3N2O3/c18-14-6-5-12(9-13(14)15(24)25)23-8-7-22(16(23)26)11-3-1-10(2-4-11)17(19,20)21/h1,3,5-6,9H,2,4,7-8H2,(H,24,25). The third-order valence-electron chi connectivity index (χ3n) is 4.34. The third-order valence-corrected chi connectivity index (χ3v) is 4.67. The first kappa shape index (κ1) is 18.3.